The van der Waals surface area contributed by atoms with Crippen molar-refractivity contribution < 1.29 is 18.9 Å². The van der Waals surface area contributed by atoms with Gasteiger partial charge in [-0.15, -0.1) is 0 Å². The maximum absolute atomic E-state index is 12.4. The largest absolute Gasteiger partial charge is 0.457 e. The maximum atomic E-state index is 12.4. The van der Waals surface area contributed by atoms with Gasteiger partial charge in [-0.2, -0.15) is 0 Å². The standard InChI is InChI=1S/C18H15N3O5S/c1-10-4-5-11(21(24)25)8-13(10)15-7-6-12(26-15)9-14-16(22)19(2)18(27)20(3)17(14)23/h4-9H,1-3H3. The number of carbonyl (C=O) groups is 2. The number of hydrogen-bond acceptors (Lipinski definition) is 6. The molecule has 0 radical (unpaired) electrons. The second-order valence-electron chi connectivity index (χ2n) is 6.03. The number of non-ortho nitro benzene ring substituents is 1. The topological polar surface area (TPSA) is 96.9 Å². The minimum Gasteiger partial charge on any atom is -0.457 e. The zero-order chi connectivity index (χ0) is 19.9. The highest BCUT2D eigenvalue weighted by molar-refractivity contribution is 7.80. The van der Waals surface area contributed by atoms with Crippen LogP contribution in [0.15, 0.2) is 40.3 Å². The average molecular weight is 385 g/mol. The van der Waals surface area contributed by atoms with Gasteiger partial charge in [-0.05, 0) is 42.9 Å². The lowest BCUT2D eigenvalue weighted by molar-refractivity contribution is -0.384. The molecule has 9 heteroatoms. The van der Waals surface area contributed by atoms with E-state index >= 15 is 0 Å². The minimum atomic E-state index is -0.521. The number of benzene rings is 1. The van der Waals surface area contributed by atoms with E-state index in [2.05, 4.69) is 0 Å². The maximum Gasteiger partial charge on any atom is 0.270 e. The van der Waals surface area contributed by atoms with Crippen LogP contribution < -0.4 is 0 Å². The number of aryl methyl sites for hydroxylation is 1. The van der Waals surface area contributed by atoms with E-state index in [9.17, 15) is 19.7 Å². The van der Waals surface area contributed by atoms with E-state index in [0.29, 0.717) is 11.3 Å². The van der Waals surface area contributed by atoms with Gasteiger partial charge in [0.15, 0.2) is 5.11 Å². The first-order valence-corrected chi connectivity index (χ1v) is 8.28. The molecule has 3 rings (SSSR count). The summed E-state index contributed by atoms with van der Waals surface area (Å²) in [5, 5.41) is 11.1. The van der Waals surface area contributed by atoms with Crippen LogP contribution in [0.1, 0.15) is 11.3 Å². The molecule has 0 atom stereocenters. The van der Waals surface area contributed by atoms with Crippen LogP contribution in [0.3, 0.4) is 0 Å². The molecular weight excluding hydrogens is 370 g/mol. The molecule has 1 aromatic heterocycles. The fourth-order valence-electron chi connectivity index (χ4n) is 2.68. The van der Waals surface area contributed by atoms with Crippen LogP contribution in [-0.2, 0) is 9.59 Å². The first-order valence-electron chi connectivity index (χ1n) is 7.87. The van der Waals surface area contributed by atoms with Crippen LogP contribution in [0.5, 0.6) is 0 Å². The molecule has 0 bridgehead atoms. The number of rotatable bonds is 3. The first kappa shape index (κ1) is 18.5. The first-order chi connectivity index (χ1) is 12.7. The molecule has 1 saturated heterocycles. The Kier molecular flexibility index (Phi) is 4.63. The van der Waals surface area contributed by atoms with Gasteiger partial charge in [0.1, 0.15) is 17.1 Å². The average Bonchev–Trinajstić information content (AvgIpc) is 3.10. The highest BCUT2D eigenvalue weighted by atomic mass is 32.1. The fraction of sp³-hybridized carbons (Fsp3) is 0.167. The van der Waals surface area contributed by atoms with Crippen molar-refractivity contribution in [2.45, 2.75) is 6.92 Å². The number of nitro groups is 1. The lowest BCUT2D eigenvalue weighted by atomic mass is 10.1. The molecule has 2 amide bonds. The van der Waals surface area contributed by atoms with E-state index in [0.717, 1.165) is 5.56 Å². The summed E-state index contributed by atoms with van der Waals surface area (Å²) in [5.41, 5.74) is 1.22. The van der Waals surface area contributed by atoms with Gasteiger partial charge in [-0.1, -0.05) is 6.07 Å². The Bertz CT molecular complexity index is 998. The Hall–Kier alpha value is -3.33. The van der Waals surface area contributed by atoms with Gasteiger partial charge in [0.25, 0.3) is 17.5 Å². The van der Waals surface area contributed by atoms with Gasteiger partial charge in [0, 0.05) is 31.8 Å². The summed E-state index contributed by atoms with van der Waals surface area (Å²) in [6.45, 7) is 1.80. The summed E-state index contributed by atoms with van der Waals surface area (Å²) in [4.78, 5) is 37.6. The molecule has 0 N–H and O–H groups in total. The Balaban J connectivity index is 1.99. The van der Waals surface area contributed by atoms with Crippen molar-refractivity contribution >= 4 is 40.9 Å². The number of nitrogens with zero attached hydrogens (tertiary/aromatic N) is 3. The van der Waals surface area contributed by atoms with Crippen molar-refractivity contribution in [1.82, 2.24) is 9.80 Å². The number of nitro benzene ring substituents is 1. The summed E-state index contributed by atoms with van der Waals surface area (Å²) in [5.74, 6) is -0.363. The van der Waals surface area contributed by atoms with Crippen LogP contribution in [0.25, 0.3) is 17.4 Å². The molecule has 0 saturated carbocycles. The summed E-state index contributed by atoms with van der Waals surface area (Å²) in [6, 6.07) is 7.69. The molecule has 0 aliphatic carbocycles. The minimum absolute atomic E-state index is 0.0543. The van der Waals surface area contributed by atoms with Crippen LogP contribution in [0.4, 0.5) is 5.69 Å². The molecule has 1 aliphatic rings. The Morgan fingerprint density at radius 3 is 2.33 bits per heavy atom. The van der Waals surface area contributed by atoms with E-state index < -0.39 is 16.7 Å². The number of furan rings is 1. The van der Waals surface area contributed by atoms with E-state index in [4.69, 9.17) is 16.6 Å². The normalized spacial score (nSPS) is 14.8. The predicted octanol–water partition coefficient (Wildman–Crippen LogP) is 2.76. The Morgan fingerprint density at radius 1 is 1.11 bits per heavy atom. The van der Waals surface area contributed by atoms with Crippen molar-refractivity contribution in [3.8, 4) is 11.3 Å². The molecule has 8 nitrogen and oxygen atoms in total. The number of carbonyl (C=O) groups excluding carboxylic acids is 2. The Morgan fingerprint density at radius 2 is 1.74 bits per heavy atom. The molecule has 138 valence electrons. The molecule has 1 fully saturated rings. The summed E-state index contributed by atoms with van der Waals surface area (Å²) in [7, 11) is 2.98. The van der Waals surface area contributed by atoms with Crippen molar-refractivity contribution in [2.24, 2.45) is 0 Å². The van der Waals surface area contributed by atoms with Gasteiger partial charge in [-0.25, -0.2) is 0 Å². The van der Waals surface area contributed by atoms with Gasteiger partial charge in [0.2, 0.25) is 0 Å². The molecule has 2 heterocycles. The third kappa shape index (κ3) is 3.24. The van der Waals surface area contributed by atoms with Crippen LogP contribution >= 0.6 is 12.2 Å². The van der Waals surface area contributed by atoms with Gasteiger partial charge >= 0.3 is 0 Å². The second kappa shape index (κ2) is 6.76. The van der Waals surface area contributed by atoms with Crippen LogP contribution in [0.2, 0.25) is 0 Å². The smallest absolute Gasteiger partial charge is 0.270 e. The number of likely N-dealkylation sites (N-methyl/N-ethyl adjacent to an activating group) is 2. The molecule has 2 aromatic rings. The molecule has 27 heavy (non-hydrogen) atoms. The SMILES string of the molecule is Cc1ccc([N+](=O)[O-])cc1-c1ccc(C=C2C(=O)N(C)C(=S)N(C)C2=O)o1. The zero-order valence-electron chi connectivity index (χ0n) is 14.8. The third-order valence-corrected chi connectivity index (χ3v) is 4.80. The zero-order valence-corrected chi connectivity index (χ0v) is 15.6. The fourth-order valence-corrected chi connectivity index (χ4v) is 2.85. The van der Waals surface area contributed by atoms with E-state index in [-0.39, 0.29) is 22.1 Å². The van der Waals surface area contributed by atoms with Crippen molar-refractivity contribution in [3.05, 3.63) is 57.3 Å². The molecule has 0 spiro atoms. The predicted molar refractivity (Wildman–Crippen MR) is 102 cm³/mol. The quantitative estimate of drug-likeness (QED) is 0.265. The molecule has 1 aliphatic heterocycles. The van der Waals surface area contributed by atoms with E-state index in [1.807, 2.05) is 0 Å². The molecule has 1 aromatic carbocycles. The number of hydrogen-bond donors (Lipinski definition) is 0. The van der Waals surface area contributed by atoms with Crippen molar-refractivity contribution in [2.75, 3.05) is 14.1 Å². The van der Waals surface area contributed by atoms with Crippen LogP contribution in [0, 0.1) is 17.0 Å². The van der Waals surface area contributed by atoms with Gasteiger partial charge in [0.05, 0.1) is 4.92 Å². The number of thiocarbonyl (C=S) groups is 1. The van der Waals surface area contributed by atoms with Gasteiger partial charge < -0.3 is 4.42 Å². The van der Waals surface area contributed by atoms with E-state index in [1.165, 1.54) is 42.1 Å². The van der Waals surface area contributed by atoms with Gasteiger partial charge in [-0.3, -0.25) is 29.5 Å². The Labute approximate surface area is 159 Å². The summed E-state index contributed by atoms with van der Waals surface area (Å²) >= 11 is 5.04. The summed E-state index contributed by atoms with van der Waals surface area (Å²) in [6.07, 6.45) is 1.34. The van der Waals surface area contributed by atoms with Crippen LogP contribution in [-0.4, -0.2) is 45.7 Å². The highest BCUT2D eigenvalue weighted by Gasteiger charge is 2.35. The lowest BCUT2D eigenvalue weighted by Gasteiger charge is -2.31. The summed E-state index contributed by atoms with van der Waals surface area (Å²) < 4.78 is 5.71. The van der Waals surface area contributed by atoms with Crippen molar-refractivity contribution in [1.29, 1.82) is 0 Å². The monoisotopic (exact) mass is 385 g/mol. The molecular formula is C18H15N3O5S. The second-order valence-corrected chi connectivity index (χ2v) is 6.39. The van der Waals surface area contributed by atoms with Crippen molar-refractivity contribution in [3.63, 3.8) is 0 Å². The third-order valence-electron chi connectivity index (χ3n) is 4.25. The number of amides is 2. The highest BCUT2D eigenvalue weighted by Crippen LogP contribution is 2.30. The molecule has 0 unspecified atom stereocenters. The van der Waals surface area contributed by atoms with E-state index in [1.54, 1.807) is 25.1 Å². The lowest BCUT2D eigenvalue weighted by Crippen LogP contribution is -2.52.